The second kappa shape index (κ2) is 13.6. The fraction of sp³-hybridized carbons (Fsp3) is 0. The molecule has 11 rings (SSSR count). The second-order valence-corrected chi connectivity index (χ2v) is 14.5. The van der Waals surface area contributed by atoms with Crippen LogP contribution in [0.25, 0.3) is 77.6 Å². The van der Waals surface area contributed by atoms with Crippen molar-refractivity contribution in [2.45, 2.75) is 0 Å². The normalized spacial score (nSPS) is 11.6. The Kier molecular flexibility index (Phi) is 7.82. The van der Waals surface area contributed by atoms with E-state index in [0.717, 1.165) is 95.0 Å². The van der Waals surface area contributed by atoms with Gasteiger partial charge in [0.2, 0.25) is 0 Å². The molecule has 0 fully saturated rings. The molecule has 268 valence electrons. The highest BCUT2D eigenvalue weighted by Gasteiger charge is 2.23. The Morgan fingerprint density at radius 2 is 0.789 bits per heavy atom. The SMILES string of the molecule is c1ccc(-c2ccc(N(c3ccc(-c4ccc(-c5cccc6c5oc5ccccc56)cc4)cc3)c3ccc4c(c3)-c3ccccc3Oc3ccccc3-4)cc2)cc1. The van der Waals surface area contributed by atoms with E-state index in [2.05, 4.69) is 187 Å². The van der Waals surface area contributed by atoms with Crippen LogP contribution >= 0.6 is 0 Å². The number of ether oxygens (including phenoxy) is 1. The van der Waals surface area contributed by atoms with Crippen LogP contribution in [0.3, 0.4) is 0 Å². The fourth-order valence-corrected chi connectivity index (χ4v) is 8.30. The molecule has 0 spiro atoms. The van der Waals surface area contributed by atoms with Gasteiger partial charge in [-0.15, -0.1) is 0 Å². The van der Waals surface area contributed by atoms with Gasteiger partial charge in [0.25, 0.3) is 0 Å². The van der Waals surface area contributed by atoms with Crippen LogP contribution in [0, 0.1) is 0 Å². The van der Waals surface area contributed by atoms with Crippen molar-refractivity contribution >= 4 is 39.0 Å². The van der Waals surface area contributed by atoms with Crippen LogP contribution in [0.5, 0.6) is 11.5 Å². The first kappa shape index (κ1) is 32.8. The summed E-state index contributed by atoms with van der Waals surface area (Å²) in [4.78, 5) is 2.34. The number of hydrogen-bond donors (Lipinski definition) is 0. The molecule has 3 nitrogen and oxygen atoms in total. The molecule has 0 unspecified atom stereocenters. The van der Waals surface area contributed by atoms with E-state index >= 15 is 0 Å². The predicted octanol–water partition coefficient (Wildman–Crippen LogP) is 15.5. The summed E-state index contributed by atoms with van der Waals surface area (Å²) in [7, 11) is 0. The zero-order chi connectivity index (χ0) is 37.7. The number of benzene rings is 9. The zero-order valence-electron chi connectivity index (χ0n) is 31.0. The molecule has 0 atom stereocenters. The largest absolute Gasteiger partial charge is 0.456 e. The molecule has 0 amide bonds. The van der Waals surface area contributed by atoms with Gasteiger partial charge in [-0.3, -0.25) is 0 Å². The minimum absolute atomic E-state index is 0.851. The lowest BCUT2D eigenvalue weighted by molar-refractivity contribution is 0.488. The summed E-state index contributed by atoms with van der Waals surface area (Å²) in [5.41, 5.74) is 16.4. The van der Waals surface area contributed by atoms with Crippen LogP contribution in [0.2, 0.25) is 0 Å². The molecule has 1 aromatic heterocycles. The first-order valence-electron chi connectivity index (χ1n) is 19.3. The summed E-state index contributed by atoms with van der Waals surface area (Å²) < 4.78 is 12.9. The third-order valence-corrected chi connectivity index (χ3v) is 11.1. The zero-order valence-corrected chi connectivity index (χ0v) is 31.0. The van der Waals surface area contributed by atoms with Gasteiger partial charge in [-0.25, -0.2) is 0 Å². The molecule has 57 heavy (non-hydrogen) atoms. The van der Waals surface area contributed by atoms with E-state index in [4.69, 9.17) is 9.15 Å². The molecule has 2 heterocycles. The summed E-state index contributed by atoms with van der Waals surface area (Å²) in [5.74, 6) is 1.71. The quantitative estimate of drug-likeness (QED) is 0.170. The lowest BCUT2D eigenvalue weighted by atomic mass is 9.93. The number of anilines is 3. The molecule has 10 aromatic rings. The lowest BCUT2D eigenvalue weighted by Crippen LogP contribution is -2.10. The van der Waals surface area contributed by atoms with Crippen molar-refractivity contribution in [1.29, 1.82) is 0 Å². The van der Waals surface area contributed by atoms with E-state index in [-0.39, 0.29) is 0 Å². The topological polar surface area (TPSA) is 25.6 Å². The molecule has 0 N–H and O–H groups in total. The Morgan fingerprint density at radius 3 is 1.47 bits per heavy atom. The van der Waals surface area contributed by atoms with Crippen LogP contribution in [-0.4, -0.2) is 0 Å². The van der Waals surface area contributed by atoms with Gasteiger partial charge >= 0.3 is 0 Å². The Bertz CT molecular complexity index is 3070. The number of furan rings is 1. The minimum Gasteiger partial charge on any atom is -0.456 e. The molecule has 0 aliphatic carbocycles. The number of hydrogen-bond acceptors (Lipinski definition) is 3. The van der Waals surface area contributed by atoms with E-state index in [1.54, 1.807) is 0 Å². The van der Waals surface area contributed by atoms with E-state index in [1.807, 2.05) is 30.3 Å². The van der Waals surface area contributed by atoms with Gasteiger partial charge < -0.3 is 14.1 Å². The smallest absolute Gasteiger partial charge is 0.143 e. The summed E-state index contributed by atoms with van der Waals surface area (Å²) >= 11 is 0. The van der Waals surface area contributed by atoms with Crippen LogP contribution < -0.4 is 9.64 Å². The van der Waals surface area contributed by atoms with E-state index in [9.17, 15) is 0 Å². The van der Waals surface area contributed by atoms with E-state index in [0.29, 0.717) is 0 Å². The fourth-order valence-electron chi connectivity index (χ4n) is 8.30. The van der Waals surface area contributed by atoms with Crippen molar-refractivity contribution in [3.8, 4) is 67.1 Å². The maximum Gasteiger partial charge on any atom is 0.143 e. The summed E-state index contributed by atoms with van der Waals surface area (Å²) in [5, 5.41) is 2.28. The van der Waals surface area contributed by atoms with Gasteiger partial charge in [-0.1, -0.05) is 158 Å². The van der Waals surface area contributed by atoms with Crippen molar-refractivity contribution in [3.05, 3.63) is 212 Å². The van der Waals surface area contributed by atoms with Gasteiger partial charge in [0.05, 0.1) is 0 Å². The Hall–Kier alpha value is -7.62. The molecule has 0 saturated heterocycles. The Labute approximate surface area is 331 Å². The summed E-state index contributed by atoms with van der Waals surface area (Å²) in [6.45, 7) is 0. The molecular formula is C54H35NO2. The highest BCUT2D eigenvalue weighted by molar-refractivity contribution is 6.09. The molecule has 0 saturated carbocycles. The van der Waals surface area contributed by atoms with Crippen molar-refractivity contribution in [2.24, 2.45) is 0 Å². The highest BCUT2D eigenvalue weighted by Crippen LogP contribution is 2.49. The third-order valence-electron chi connectivity index (χ3n) is 11.1. The standard InChI is InChI=1S/C54H35NO2/c1-2-11-36(12-3-1)38-25-29-41(30-26-38)55(43-33-34-45-46-13-4-7-18-51(46)56-52-19-8-6-15-48(52)50(45)35-43)42-31-27-39(28-32-42)37-21-23-40(24-22-37)44-16-10-17-49-47-14-5-9-20-53(47)57-54(44)49/h1-35H. The van der Waals surface area contributed by atoms with Crippen molar-refractivity contribution in [3.63, 3.8) is 0 Å². The summed E-state index contributed by atoms with van der Waals surface area (Å²) in [6, 6.07) is 75.1. The third kappa shape index (κ3) is 5.76. The second-order valence-electron chi connectivity index (χ2n) is 14.5. The minimum atomic E-state index is 0.851. The summed E-state index contributed by atoms with van der Waals surface area (Å²) in [6.07, 6.45) is 0. The Morgan fingerprint density at radius 1 is 0.298 bits per heavy atom. The lowest BCUT2D eigenvalue weighted by Gasteiger charge is -2.27. The van der Waals surface area contributed by atoms with Gasteiger partial charge in [0.15, 0.2) is 0 Å². The first-order chi connectivity index (χ1) is 28.2. The highest BCUT2D eigenvalue weighted by atomic mass is 16.5. The Balaban J connectivity index is 0.983. The average Bonchev–Trinajstić information content (AvgIpc) is 3.60. The number of para-hydroxylation sites is 4. The van der Waals surface area contributed by atoms with Gasteiger partial charge in [-0.05, 0) is 93.5 Å². The van der Waals surface area contributed by atoms with Crippen LogP contribution in [0.1, 0.15) is 0 Å². The molecule has 3 heteroatoms. The van der Waals surface area contributed by atoms with Crippen LogP contribution in [0.4, 0.5) is 17.1 Å². The molecular weight excluding hydrogens is 695 g/mol. The van der Waals surface area contributed by atoms with E-state index < -0.39 is 0 Å². The van der Waals surface area contributed by atoms with Crippen LogP contribution in [-0.2, 0) is 0 Å². The first-order valence-corrected chi connectivity index (χ1v) is 19.3. The number of nitrogens with zero attached hydrogens (tertiary/aromatic N) is 1. The molecule has 1 aliphatic heterocycles. The number of fused-ring (bicyclic) bond motifs is 8. The van der Waals surface area contributed by atoms with E-state index in [1.165, 1.54) is 11.1 Å². The van der Waals surface area contributed by atoms with Crippen molar-refractivity contribution < 1.29 is 9.15 Å². The molecule has 9 aromatic carbocycles. The monoisotopic (exact) mass is 729 g/mol. The van der Waals surface area contributed by atoms with Gasteiger partial charge in [0, 0.05) is 44.5 Å². The molecule has 0 bridgehead atoms. The van der Waals surface area contributed by atoms with Gasteiger partial charge in [0.1, 0.15) is 22.7 Å². The predicted molar refractivity (Wildman–Crippen MR) is 236 cm³/mol. The van der Waals surface area contributed by atoms with Gasteiger partial charge in [-0.2, -0.15) is 0 Å². The van der Waals surface area contributed by atoms with Crippen molar-refractivity contribution in [1.82, 2.24) is 0 Å². The molecule has 0 radical (unpaired) electrons. The average molecular weight is 730 g/mol. The maximum absolute atomic E-state index is 6.51. The van der Waals surface area contributed by atoms with Crippen LogP contribution in [0.15, 0.2) is 217 Å². The number of rotatable bonds is 6. The molecule has 1 aliphatic rings. The van der Waals surface area contributed by atoms with Crippen molar-refractivity contribution in [2.75, 3.05) is 4.90 Å². The maximum atomic E-state index is 6.51.